The van der Waals surface area contributed by atoms with Crippen LogP contribution in [0.15, 0.2) is 330 Å². The minimum absolute atomic E-state index is 0.0305. The lowest BCUT2D eigenvalue weighted by Gasteiger charge is -2.47. The number of hydrogen-bond donors (Lipinski definition) is 0. The highest BCUT2D eigenvalue weighted by Crippen LogP contribution is 2.58. The van der Waals surface area contributed by atoms with Gasteiger partial charge in [-0.05, 0) is 159 Å². The molecule has 420 valence electrons. The molecule has 14 aromatic carbocycles. The van der Waals surface area contributed by atoms with Gasteiger partial charge in [-0.25, -0.2) is 0 Å². The van der Waals surface area contributed by atoms with Gasteiger partial charge in [-0.3, -0.25) is 0 Å². The monoisotopic (exact) mass is 1160 g/mol. The second-order valence-corrected chi connectivity index (χ2v) is 28.2. The zero-order valence-corrected chi connectivity index (χ0v) is 50.0. The van der Waals surface area contributed by atoms with Crippen molar-refractivity contribution in [1.29, 1.82) is 0 Å². The van der Waals surface area contributed by atoms with Crippen molar-refractivity contribution in [3.8, 4) is 50.2 Å². The SMILES string of the molecule is c1ccc(-c2ccc([Si](c3ccccc3)(c3ccccc3)c3cccc4c3C3c5ccccc5C4c4cccc(-n5c6ccccc6c6cc(-c7c(-c8ccc9oc%10ccccc%10c9c8)cccc7-c7ccc8oc9ccccc9c8c7)ccc65)c43)cc2)cc1. The molecule has 3 aliphatic rings. The van der Waals surface area contributed by atoms with Crippen LogP contribution in [0, 0.1) is 0 Å². The molecule has 0 spiro atoms. The fraction of sp³-hybridized carbons (Fsp3) is 0.0233. The predicted molar refractivity (Wildman–Crippen MR) is 375 cm³/mol. The number of nitrogens with zero attached hydrogens (tertiary/aromatic N) is 1. The first-order valence-corrected chi connectivity index (χ1v) is 33.3. The zero-order valence-electron chi connectivity index (χ0n) is 49.0. The Kier molecular flexibility index (Phi) is 11.2. The number of fused-ring (bicyclic) bond motifs is 9. The summed E-state index contributed by atoms with van der Waals surface area (Å²) in [6.45, 7) is 0. The molecule has 3 nitrogen and oxygen atoms in total. The number of benzene rings is 14. The Balaban J connectivity index is 0.841. The van der Waals surface area contributed by atoms with E-state index in [1.54, 1.807) is 0 Å². The molecule has 3 heterocycles. The molecule has 2 unspecified atom stereocenters. The molecule has 3 aliphatic carbocycles. The lowest BCUT2D eigenvalue weighted by molar-refractivity contribution is 0.668. The summed E-state index contributed by atoms with van der Waals surface area (Å²) in [5.74, 6) is -0.0336. The van der Waals surface area contributed by atoms with E-state index in [2.05, 4.69) is 314 Å². The second kappa shape index (κ2) is 19.9. The van der Waals surface area contributed by atoms with Crippen LogP contribution in [0.25, 0.3) is 116 Å². The van der Waals surface area contributed by atoms with Crippen LogP contribution in [0.2, 0.25) is 0 Å². The highest BCUT2D eigenvalue weighted by atomic mass is 28.3. The van der Waals surface area contributed by atoms with Crippen LogP contribution in [0.4, 0.5) is 0 Å². The van der Waals surface area contributed by atoms with Gasteiger partial charge >= 0.3 is 0 Å². The minimum Gasteiger partial charge on any atom is -0.456 e. The molecule has 0 radical (unpaired) electrons. The first-order chi connectivity index (χ1) is 44.7. The van der Waals surface area contributed by atoms with Crippen molar-refractivity contribution in [1.82, 2.24) is 4.57 Å². The van der Waals surface area contributed by atoms with Gasteiger partial charge in [-0.15, -0.1) is 0 Å². The van der Waals surface area contributed by atoms with Gasteiger partial charge in [0.15, 0.2) is 8.07 Å². The highest BCUT2D eigenvalue weighted by molar-refractivity contribution is 7.20. The normalized spacial score (nSPS) is 14.2. The van der Waals surface area contributed by atoms with E-state index in [0.29, 0.717) is 0 Å². The molecule has 2 bridgehead atoms. The second-order valence-electron chi connectivity index (χ2n) is 24.4. The van der Waals surface area contributed by atoms with Crippen LogP contribution in [-0.2, 0) is 0 Å². The van der Waals surface area contributed by atoms with Crippen molar-refractivity contribution in [3.63, 3.8) is 0 Å². The topological polar surface area (TPSA) is 31.2 Å². The molecule has 2 atom stereocenters. The predicted octanol–water partition coefficient (Wildman–Crippen LogP) is 19.6. The van der Waals surface area contributed by atoms with Crippen molar-refractivity contribution < 1.29 is 8.83 Å². The van der Waals surface area contributed by atoms with Crippen molar-refractivity contribution >= 4 is 94.5 Å². The smallest absolute Gasteiger partial charge is 0.179 e. The molecule has 0 saturated heterocycles. The number of para-hydroxylation sites is 3. The number of furan rings is 2. The van der Waals surface area contributed by atoms with E-state index in [1.807, 2.05) is 12.1 Å². The molecule has 20 rings (SSSR count). The molecule has 0 saturated carbocycles. The summed E-state index contributed by atoms with van der Waals surface area (Å²) in [4.78, 5) is 0. The van der Waals surface area contributed by atoms with E-state index >= 15 is 0 Å². The quantitative estimate of drug-likeness (QED) is 0.107. The number of hydrogen-bond acceptors (Lipinski definition) is 2. The largest absolute Gasteiger partial charge is 0.456 e. The maximum Gasteiger partial charge on any atom is 0.179 e. The van der Waals surface area contributed by atoms with Gasteiger partial charge in [-0.1, -0.05) is 261 Å². The third-order valence-electron chi connectivity index (χ3n) is 20.0. The third-order valence-corrected chi connectivity index (χ3v) is 24.8. The molecule has 17 aromatic rings. The van der Waals surface area contributed by atoms with E-state index in [9.17, 15) is 0 Å². The van der Waals surface area contributed by atoms with Crippen LogP contribution in [0.3, 0.4) is 0 Å². The summed E-state index contributed by atoms with van der Waals surface area (Å²) in [6, 6.07) is 121. The van der Waals surface area contributed by atoms with Gasteiger partial charge in [0.1, 0.15) is 22.3 Å². The van der Waals surface area contributed by atoms with E-state index in [-0.39, 0.29) is 11.8 Å². The third kappa shape index (κ3) is 7.40. The highest BCUT2D eigenvalue weighted by Gasteiger charge is 2.50. The Labute approximate surface area is 521 Å². The maximum absolute atomic E-state index is 6.42. The summed E-state index contributed by atoms with van der Waals surface area (Å²) in [5, 5.41) is 12.4. The molecule has 0 aliphatic heterocycles. The first kappa shape index (κ1) is 50.8. The Bertz CT molecular complexity index is 5570. The first-order valence-electron chi connectivity index (χ1n) is 31.3. The van der Waals surface area contributed by atoms with Crippen molar-refractivity contribution in [2.24, 2.45) is 0 Å². The van der Waals surface area contributed by atoms with Crippen molar-refractivity contribution in [2.45, 2.75) is 11.8 Å². The Morgan fingerprint density at radius 3 is 1.36 bits per heavy atom. The van der Waals surface area contributed by atoms with Crippen LogP contribution in [-0.4, -0.2) is 12.6 Å². The summed E-state index contributed by atoms with van der Waals surface area (Å²) >= 11 is 0. The molecule has 90 heavy (non-hydrogen) atoms. The minimum atomic E-state index is -3.11. The molecule has 0 amide bonds. The van der Waals surface area contributed by atoms with E-state index in [4.69, 9.17) is 8.83 Å². The van der Waals surface area contributed by atoms with Crippen LogP contribution < -0.4 is 20.7 Å². The molecule has 0 fully saturated rings. The standard InChI is InChI=1S/C86H55NO2Si/c1-4-21-54(22-5-1)55-41-46-61(47-42-55)90(59-23-6-2-7-24-59,60-25-8-3-9-26-60)81-40-20-35-70-83-67-30-10-11-31-68(67)86(85(70)81)84-69(83)34-19-37-76(84)87-74-36-15-12-27-64(74)71-53-58(43-48-75(71)87)82-62(56-44-49-79-72(51-56)65-28-13-16-38-77(65)88-79)32-18-33-63(82)57-45-50-80-73(52-57)66-29-14-17-39-78(66)89-80/h1-53,83,86H. The molecule has 0 N–H and O–H groups in total. The van der Waals surface area contributed by atoms with Crippen molar-refractivity contribution in [3.05, 3.63) is 355 Å². The summed E-state index contributed by atoms with van der Waals surface area (Å²) in [6.07, 6.45) is 0. The average molecular weight is 1160 g/mol. The van der Waals surface area contributed by atoms with E-state index in [1.165, 1.54) is 98.3 Å². The maximum atomic E-state index is 6.42. The average Bonchev–Trinajstić information content (AvgIpc) is 1.03. The zero-order chi connectivity index (χ0) is 59.0. The van der Waals surface area contributed by atoms with Gasteiger partial charge in [-0.2, -0.15) is 0 Å². The van der Waals surface area contributed by atoms with Crippen LogP contribution >= 0.6 is 0 Å². The number of rotatable bonds is 9. The van der Waals surface area contributed by atoms with Gasteiger partial charge in [0.2, 0.25) is 0 Å². The van der Waals surface area contributed by atoms with Crippen LogP contribution in [0.5, 0.6) is 0 Å². The van der Waals surface area contributed by atoms with E-state index in [0.717, 1.165) is 71.7 Å². The molecule has 3 aromatic heterocycles. The van der Waals surface area contributed by atoms with Crippen LogP contribution in [0.1, 0.15) is 45.2 Å². The van der Waals surface area contributed by atoms with Gasteiger partial charge in [0.05, 0.1) is 16.7 Å². The van der Waals surface area contributed by atoms with Gasteiger partial charge in [0.25, 0.3) is 0 Å². The Morgan fingerprint density at radius 1 is 0.267 bits per heavy atom. The summed E-state index contributed by atoms with van der Waals surface area (Å²) in [7, 11) is -3.11. The summed E-state index contributed by atoms with van der Waals surface area (Å²) < 4.78 is 15.4. The molecule has 4 heteroatoms. The Morgan fingerprint density at radius 2 is 0.711 bits per heavy atom. The van der Waals surface area contributed by atoms with Gasteiger partial charge in [0, 0.05) is 44.2 Å². The lowest BCUT2D eigenvalue weighted by atomic mass is 9.60. The van der Waals surface area contributed by atoms with Gasteiger partial charge < -0.3 is 13.4 Å². The van der Waals surface area contributed by atoms with E-state index < -0.39 is 8.07 Å². The number of aromatic nitrogens is 1. The fourth-order valence-corrected chi connectivity index (χ4v) is 21.2. The summed E-state index contributed by atoms with van der Waals surface area (Å²) in [5.41, 5.74) is 24.8. The fourth-order valence-electron chi connectivity index (χ4n) is 16.2. The molecular formula is C86H55NO2Si. The molecular weight excluding hydrogens is 1110 g/mol. The Hall–Kier alpha value is -11.3. The van der Waals surface area contributed by atoms with Crippen molar-refractivity contribution in [2.75, 3.05) is 0 Å². The lowest BCUT2D eigenvalue weighted by Crippen LogP contribution is -2.75.